The summed E-state index contributed by atoms with van der Waals surface area (Å²) >= 11 is 1.35. The van der Waals surface area contributed by atoms with Crippen LogP contribution in [0.5, 0.6) is 0 Å². The lowest BCUT2D eigenvalue weighted by molar-refractivity contribution is 0.194. The van der Waals surface area contributed by atoms with Gasteiger partial charge in [-0.1, -0.05) is 16.5 Å². The van der Waals surface area contributed by atoms with E-state index in [0.29, 0.717) is 23.5 Å². The van der Waals surface area contributed by atoms with Crippen LogP contribution in [-0.2, 0) is 11.2 Å². The number of ether oxygens (including phenoxy) is 1. The quantitative estimate of drug-likeness (QED) is 0.816. The first-order valence-corrected chi connectivity index (χ1v) is 6.07. The number of nitrogens with zero attached hydrogens (tertiary/aromatic N) is 3. The third-order valence-corrected chi connectivity index (χ3v) is 3.20. The van der Waals surface area contributed by atoms with Crippen LogP contribution in [0, 0.1) is 6.92 Å². The van der Waals surface area contributed by atoms with Gasteiger partial charge in [0, 0.05) is 20.1 Å². The molecule has 0 unspecified atom stereocenters. The average molecular weight is 254 g/mol. The summed E-state index contributed by atoms with van der Waals surface area (Å²) in [7, 11) is 1.67. The second-order valence-corrected chi connectivity index (χ2v) is 4.61. The number of rotatable bonds is 5. The zero-order valence-corrected chi connectivity index (χ0v) is 10.6. The third-order valence-electron chi connectivity index (χ3n) is 2.22. The summed E-state index contributed by atoms with van der Waals surface area (Å²) in [5, 5.41) is 4.42. The Morgan fingerprint density at radius 2 is 2.24 bits per heavy atom. The number of aromatic nitrogens is 3. The van der Waals surface area contributed by atoms with Gasteiger partial charge in [-0.2, -0.15) is 4.98 Å². The zero-order valence-electron chi connectivity index (χ0n) is 9.77. The Labute approximate surface area is 103 Å². The van der Waals surface area contributed by atoms with Crippen LogP contribution < -0.4 is 5.73 Å². The molecule has 0 aliphatic carbocycles. The van der Waals surface area contributed by atoms with E-state index in [-0.39, 0.29) is 0 Å². The fourth-order valence-corrected chi connectivity index (χ4v) is 2.19. The van der Waals surface area contributed by atoms with Crippen LogP contribution in [0.2, 0.25) is 0 Å². The average Bonchev–Trinajstić information content (AvgIpc) is 2.86. The van der Waals surface area contributed by atoms with E-state index in [2.05, 4.69) is 15.1 Å². The number of thiazole rings is 1. The Hall–Kier alpha value is -1.47. The van der Waals surface area contributed by atoms with Crippen LogP contribution in [0.15, 0.2) is 4.52 Å². The minimum atomic E-state index is 0.490. The van der Waals surface area contributed by atoms with Crippen LogP contribution in [0.1, 0.15) is 17.9 Å². The van der Waals surface area contributed by atoms with Gasteiger partial charge in [0.15, 0.2) is 11.0 Å². The van der Waals surface area contributed by atoms with E-state index in [1.165, 1.54) is 11.3 Å². The fraction of sp³-hybridized carbons (Fsp3) is 0.500. The van der Waals surface area contributed by atoms with E-state index in [1.54, 1.807) is 7.11 Å². The van der Waals surface area contributed by atoms with E-state index in [1.807, 2.05) is 6.92 Å². The largest absolute Gasteiger partial charge is 0.385 e. The molecular formula is C10H14N4O2S. The van der Waals surface area contributed by atoms with Crippen LogP contribution in [0.25, 0.3) is 10.8 Å². The smallest absolute Gasteiger partial charge is 0.269 e. The summed E-state index contributed by atoms with van der Waals surface area (Å²) < 4.78 is 10.2. The molecule has 0 spiro atoms. The van der Waals surface area contributed by atoms with Gasteiger partial charge in [-0.15, -0.1) is 0 Å². The molecular weight excluding hydrogens is 240 g/mol. The van der Waals surface area contributed by atoms with Crippen molar-refractivity contribution in [1.82, 2.24) is 15.1 Å². The van der Waals surface area contributed by atoms with E-state index < -0.39 is 0 Å². The first-order chi connectivity index (χ1) is 8.20. The lowest BCUT2D eigenvalue weighted by atomic mass is 10.3. The van der Waals surface area contributed by atoms with Gasteiger partial charge >= 0.3 is 0 Å². The van der Waals surface area contributed by atoms with Gasteiger partial charge in [0.05, 0.1) is 5.69 Å². The molecule has 0 aromatic carbocycles. The number of methoxy groups -OCH3 is 1. The molecule has 7 heteroatoms. The molecule has 17 heavy (non-hydrogen) atoms. The molecule has 0 radical (unpaired) electrons. The molecule has 0 aliphatic heterocycles. The first-order valence-electron chi connectivity index (χ1n) is 5.25. The lowest BCUT2D eigenvalue weighted by Gasteiger charge is -1.93. The minimum Gasteiger partial charge on any atom is -0.385 e. The summed E-state index contributed by atoms with van der Waals surface area (Å²) in [5.74, 6) is 1.17. The van der Waals surface area contributed by atoms with Crippen LogP contribution in [0.4, 0.5) is 5.13 Å². The Morgan fingerprint density at radius 1 is 1.41 bits per heavy atom. The highest BCUT2D eigenvalue weighted by Crippen LogP contribution is 2.29. The minimum absolute atomic E-state index is 0.490. The maximum atomic E-state index is 5.62. The molecule has 2 aromatic heterocycles. The van der Waals surface area contributed by atoms with Gasteiger partial charge in [-0.3, -0.25) is 0 Å². The maximum absolute atomic E-state index is 5.62. The summed E-state index contributed by atoms with van der Waals surface area (Å²) in [6.45, 7) is 2.56. The van der Waals surface area contributed by atoms with E-state index in [0.717, 1.165) is 23.4 Å². The predicted octanol–water partition coefficient (Wildman–Crippen LogP) is 1.66. The third kappa shape index (κ3) is 2.80. The topological polar surface area (TPSA) is 87.1 Å². The van der Waals surface area contributed by atoms with Gasteiger partial charge in [-0.05, 0) is 13.3 Å². The van der Waals surface area contributed by atoms with Crippen molar-refractivity contribution in [3.05, 3.63) is 11.5 Å². The van der Waals surface area contributed by atoms with Gasteiger partial charge < -0.3 is 15.0 Å². The van der Waals surface area contributed by atoms with Gasteiger partial charge in [0.25, 0.3) is 5.89 Å². The van der Waals surface area contributed by atoms with Crippen molar-refractivity contribution in [3.63, 3.8) is 0 Å². The first kappa shape index (κ1) is 12.0. The second-order valence-electron chi connectivity index (χ2n) is 3.58. The van der Waals surface area contributed by atoms with Crippen LogP contribution in [-0.4, -0.2) is 28.8 Å². The lowest BCUT2D eigenvalue weighted by Crippen LogP contribution is -1.94. The number of aryl methyl sites for hydroxylation is 2. The summed E-state index contributed by atoms with van der Waals surface area (Å²) in [6.07, 6.45) is 1.62. The van der Waals surface area contributed by atoms with Crippen molar-refractivity contribution in [1.29, 1.82) is 0 Å². The van der Waals surface area contributed by atoms with E-state index in [9.17, 15) is 0 Å². The van der Waals surface area contributed by atoms with Crippen molar-refractivity contribution < 1.29 is 9.26 Å². The molecule has 2 rings (SSSR count). The molecule has 0 saturated heterocycles. The van der Waals surface area contributed by atoms with Crippen molar-refractivity contribution in [2.75, 3.05) is 19.5 Å². The normalized spacial score (nSPS) is 10.9. The molecule has 0 bridgehead atoms. The highest BCUT2D eigenvalue weighted by Gasteiger charge is 2.15. The Morgan fingerprint density at radius 3 is 2.88 bits per heavy atom. The molecule has 0 saturated carbocycles. The summed E-state index contributed by atoms with van der Waals surface area (Å²) in [4.78, 5) is 9.27. The van der Waals surface area contributed by atoms with Crippen molar-refractivity contribution in [3.8, 4) is 10.8 Å². The number of nitrogens with two attached hydrogens (primary N) is 1. The van der Waals surface area contributed by atoms with Gasteiger partial charge in [0.1, 0.15) is 4.88 Å². The molecule has 6 nitrogen and oxygen atoms in total. The number of hydrogen-bond donors (Lipinski definition) is 1. The second kappa shape index (κ2) is 5.24. The van der Waals surface area contributed by atoms with E-state index in [4.69, 9.17) is 15.0 Å². The highest BCUT2D eigenvalue weighted by atomic mass is 32.1. The standard InChI is InChI=1S/C10H14N4O2S/c1-6-8(17-10(11)12-6)9-13-7(14-16-9)4-3-5-15-2/h3-5H2,1-2H3,(H2,11,12). The molecule has 92 valence electrons. The van der Waals surface area contributed by atoms with Crippen molar-refractivity contribution in [2.24, 2.45) is 0 Å². The molecule has 0 amide bonds. The molecule has 2 N–H and O–H groups in total. The van der Waals surface area contributed by atoms with Crippen LogP contribution >= 0.6 is 11.3 Å². The maximum Gasteiger partial charge on any atom is 0.269 e. The molecule has 0 aliphatic rings. The van der Waals surface area contributed by atoms with Crippen molar-refractivity contribution >= 4 is 16.5 Å². The van der Waals surface area contributed by atoms with Gasteiger partial charge in [0.2, 0.25) is 0 Å². The Kier molecular flexibility index (Phi) is 3.70. The summed E-state index contributed by atoms with van der Waals surface area (Å²) in [6, 6.07) is 0. The fourth-order valence-electron chi connectivity index (χ4n) is 1.44. The van der Waals surface area contributed by atoms with Crippen molar-refractivity contribution in [2.45, 2.75) is 19.8 Å². The number of hydrogen-bond acceptors (Lipinski definition) is 7. The van der Waals surface area contributed by atoms with E-state index >= 15 is 0 Å². The predicted molar refractivity (Wildman–Crippen MR) is 64.8 cm³/mol. The Bertz CT molecular complexity index is 494. The monoisotopic (exact) mass is 254 g/mol. The Balaban J connectivity index is 2.10. The molecule has 0 fully saturated rings. The molecule has 2 heterocycles. The highest BCUT2D eigenvalue weighted by molar-refractivity contribution is 7.18. The number of nitrogen functional groups attached to an aromatic ring is 1. The van der Waals surface area contributed by atoms with Crippen LogP contribution in [0.3, 0.4) is 0 Å². The molecule has 2 aromatic rings. The summed E-state index contributed by atoms with van der Waals surface area (Å²) in [5.41, 5.74) is 6.44. The van der Waals surface area contributed by atoms with Gasteiger partial charge in [-0.25, -0.2) is 4.98 Å². The SMILES string of the molecule is COCCCc1noc(-c2sc(N)nc2C)n1. The molecule has 0 atom stereocenters. The zero-order chi connectivity index (χ0) is 12.3. The number of anilines is 1.